The van der Waals surface area contributed by atoms with E-state index in [1.807, 2.05) is 0 Å². The first-order chi connectivity index (χ1) is 9.72. The van der Waals surface area contributed by atoms with Gasteiger partial charge in [0, 0.05) is 5.56 Å². The molecular formula is C14H16N2O4. The van der Waals surface area contributed by atoms with E-state index in [9.17, 15) is 9.59 Å². The van der Waals surface area contributed by atoms with Gasteiger partial charge in [-0.3, -0.25) is 14.4 Å². The van der Waals surface area contributed by atoms with Crippen LogP contribution in [-0.2, 0) is 9.63 Å². The van der Waals surface area contributed by atoms with Crippen LogP contribution in [0.5, 0.6) is 5.75 Å². The molecule has 2 amide bonds. The van der Waals surface area contributed by atoms with Crippen LogP contribution in [0, 0.1) is 0 Å². The molecule has 1 saturated carbocycles. The van der Waals surface area contributed by atoms with E-state index in [0.29, 0.717) is 17.0 Å². The second-order valence-electron chi connectivity index (χ2n) is 5.00. The van der Waals surface area contributed by atoms with Crippen molar-refractivity contribution in [3.8, 4) is 5.75 Å². The Kier molecular flexibility index (Phi) is 3.56. The van der Waals surface area contributed by atoms with Crippen molar-refractivity contribution in [3.63, 3.8) is 0 Å². The van der Waals surface area contributed by atoms with Gasteiger partial charge in [-0.05, 0) is 31.0 Å². The summed E-state index contributed by atoms with van der Waals surface area (Å²) in [6.07, 6.45) is 4.38. The Hall–Kier alpha value is -2.08. The molecule has 6 heteroatoms. The van der Waals surface area contributed by atoms with E-state index in [1.165, 1.54) is 0 Å². The minimum Gasteiger partial charge on any atom is -0.482 e. The predicted molar refractivity (Wildman–Crippen MR) is 71.4 cm³/mol. The lowest BCUT2D eigenvalue weighted by molar-refractivity contribution is -0.118. The Labute approximate surface area is 116 Å². The number of amides is 2. The van der Waals surface area contributed by atoms with E-state index in [0.717, 1.165) is 25.7 Å². The number of ether oxygens (including phenoxy) is 1. The quantitative estimate of drug-likeness (QED) is 0.822. The Morgan fingerprint density at radius 2 is 2.15 bits per heavy atom. The van der Waals surface area contributed by atoms with Crippen LogP contribution in [0.15, 0.2) is 18.2 Å². The molecule has 3 rings (SSSR count). The molecular weight excluding hydrogens is 260 g/mol. The maximum Gasteiger partial charge on any atom is 0.274 e. The molecule has 2 N–H and O–H groups in total. The molecule has 0 bridgehead atoms. The molecule has 0 aromatic heterocycles. The first-order valence-corrected chi connectivity index (χ1v) is 6.75. The van der Waals surface area contributed by atoms with Crippen molar-refractivity contribution in [2.75, 3.05) is 11.9 Å². The summed E-state index contributed by atoms with van der Waals surface area (Å²) >= 11 is 0. The molecule has 0 radical (unpaired) electrons. The molecule has 2 aliphatic rings. The lowest BCUT2D eigenvalue weighted by atomic mass is 10.1. The van der Waals surface area contributed by atoms with E-state index in [1.54, 1.807) is 18.2 Å². The molecule has 1 aliphatic carbocycles. The second kappa shape index (κ2) is 5.50. The first-order valence-electron chi connectivity index (χ1n) is 6.75. The summed E-state index contributed by atoms with van der Waals surface area (Å²) < 4.78 is 5.27. The van der Waals surface area contributed by atoms with Gasteiger partial charge in [-0.25, -0.2) is 5.48 Å². The molecule has 0 unspecified atom stereocenters. The Morgan fingerprint density at radius 1 is 1.35 bits per heavy atom. The molecule has 0 saturated heterocycles. The summed E-state index contributed by atoms with van der Waals surface area (Å²) in [5.41, 5.74) is 3.50. The number of hydroxylamine groups is 1. The average molecular weight is 276 g/mol. The Balaban J connectivity index is 1.64. The Bertz CT molecular complexity index is 538. The van der Waals surface area contributed by atoms with E-state index in [-0.39, 0.29) is 24.5 Å². The lowest BCUT2D eigenvalue weighted by Gasteiger charge is -2.18. The molecule has 20 heavy (non-hydrogen) atoms. The molecule has 1 aromatic carbocycles. The highest BCUT2D eigenvalue weighted by molar-refractivity contribution is 5.98. The summed E-state index contributed by atoms with van der Waals surface area (Å²) in [6.45, 7) is -0.0311. The Morgan fingerprint density at radius 3 is 2.95 bits per heavy atom. The number of nitrogens with one attached hydrogen (secondary N) is 2. The summed E-state index contributed by atoms with van der Waals surface area (Å²) in [6, 6.07) is 4.88. The van der Waals surface area contributed by atoms with Crippen LogP contribution in [-0.4, -0.2) is 24.5 Å². The maximum absolute atomic E-state index is 12.0. The van der Waals surface area contributed by atoms with Gasteiger partial charge in [-0.1, -0.05) is 12.8 Å². The van der Waals surface area contributed by atoms with Crippen LogP contribution in [0.3, 0.4) is 0 Å². The average Bonchev–Trinajstić information content (AvgIpc) is 2.97. The first kappa shape index (κ1) is 12.9. The summed E-state index contributed by atoms with van der Waals surface area (Å²) in [4.78, 5) is 28.5. The van der Waals surface area contributed by atoms with Gasteiger partial charge < -0.3 is 10.1 Å². The fourth-order valence-electron chi connectivity index (χ4n) is 2.42. The molecule has 1 aliphatic heterocycles. The van der Waals surface area contributed by atoms with E-state index in [2.05, 4.69) is 10.8 Å². The van der Waals surface area contributed by atoms with Crippen LogP contribution in [0.1, 0.15) is 36.0 Å². The van der Waals surface area contributed by atoms with Gasteiger partial charge in [0.25, 0.3) is 11.8 Å². The van der Waals surface area contributed by atoms with Crippen molar-refractivity contribution >= 4 is 17.5 Å². The zero-order valence-corrected chi connectivity index (χ0v) is 11.0. The number of hydrogen-bond donors (Lipinski definition) is 2. The van der Waals surface area contributed by atoms with Gasteiger partial charge >= 0.3 is 0 Å². The normalized spacial score (nSPS) is 18.1. The molecule has 106 valence electrons. The second-order valence-corrected chi connectivity index (χ2v) is 5.00. The fraction of sp³-hybridized carbons (Fsp3) is 0.429. The van der Waals surface area contributed by atoms with E-state index in [4.69, 9.17) is 9.57 Å². The van der Waals surface area contributed by atoms with Gasteiger partial charge in [0.05, 0.1) is 11.8 Å². The van der Waals surface area contributed by atoms with Crippen LogP contribution >= 0.6 is 0 Å². The van der Waals surface area contributed by atoms with E-state index >= 15 is 0 Å². The topological polar surface area (TPSA) is 76.7 Å². The number of carbonyl (C=O) groups excluding carboxylic acids is 2. The van der Waals surface area contributed by atoms with Gasteiger partial charge in [-0.2, -0.15) is 0 Å². The summed E-state index contributed by atoms with van der Waals surface area (Å²) in [7, 11) is 0. The maximum atomic E-state index is 12.0. The van der Waals surface area contributed by atoms with Crippen LogP contribution in [0.2, 0.25) is 0 Å². The SMILES string of the molecule is O=C1COc2cc(C(=O)NOC3CCCC3)ccc2N1. The van der Waals surface area contributed by atoms with Crippen LogP contribution in [0.4, 0.5) is 5.69 Å². The van der Waals surface area contributed by atoms with Gasteiger partial charge in [0.2, 0.25) is 0 Å². The molecule has 1 heterocycles. The standard InChI is InChI=1S/C14H16N2O4/c17-13-8-19-12-7-9(5-6-11(12)15-13)14(18)16-20-10-3-1-2-4-10/h5-7,10H,1-4,8H2,(H,15,17)(H,16,18). The number of hydrogen-bond acceptors (Lipinski definition) is 4. The number of fused-ring (bicyclic) bond motifs is 1. The fourth-order valence-corrected chi connectivity index (χ4v) is 2.42. The number of rotatable bonds is 3. The van der Waals surface area contributed by atoms with Gasteiger partial charge in [0.1, 0.15) is 5.75 Å². The summed E-state index contributed by atoms with van der Waals surface area (Å²) in [5, 5.41) is 2.68. The van der Waals surface area contributed by atoms with Crippen molar-refractivity contribution in [2.45, 2.75) is 31.8 Å². The zero-order chi connectivity index (χ0) is 13.9. The van der Waals surface area contributed by atoms with Crippen molar-refractivity contribution in [2.24, 2.45) is 0 Å². The summed E-state index contributed by atoms with van der Waals surface area (Å²) in [5.74, 6) is -0.00224. The monoisotopic (exact) mass is 276 g/mol. The van der Waals surface area contributed by atoms with Gasteiger partial charge in [-0.15, -0.1) is 0 Å². The third kappa shape index (κ3) is 2.75. The van der Waals surface area contributed by atoms with Crippen molar-refractivity contribution < 1.29 is 19.2 Å². The van der Waals surface area contributed by atoms with E-state index < -0.39 is 0 Å². The highest BCUT2D eigenvalue weighted by Gasteiger charge is 2.20. The lowest BCUT2D eigenvalue weighted by Crippen LogP contribution is -2.29. The highest BCUT2D eigenvalue weighted by Crippen LogP contribution is 2.28. The van der Waals surface area contributed by atoms with Crippen molar-refractivity contribution in [3.05, 3.63) is 23.8 Å². The molecule has 1 fully saturated rings. The number of carbonyl (C=O) groups is 2. The molecule has 6 nitrogen and oxygen atoms in total. The predicted octanol–water partition coefficient (Wildman–Crippen LogP) is 1.62. The molecule has 0 atom stereocenters. The third-order valence-corrected chi connectivity index (χ3v) is 3.50. The van der Waals surface area contributed by atoms with Gasteiger partial charge in [0.15, 0.2) is 6.61 Å². The number of anilines is 1. The number of benzene rings is 1. The third-order valence-electron chi connectivity index (χ3n) is 3.50. The van der Waals surface area contributed by atoms with Crippen LogP contribution in [0.25, 0.3) is 0 Å². The smallest absolute Gasteiger partial charge is 0.274 e. The zero-order valence-electron chi connectivity index (χ0n) is 11.0. The largest absolute Gasteiger partial charge is 0.482 e. The highest BCUT2D eigenvalue weighted by atomic mass is 16.7. The molecule has 0 spiro atoms. The van der Waals surface area contributed by atoms with Crippen molar-refractivity contribution in [1.29, 1.82) is 0 Å². The van der Waals surface area contributed by atoms with Crippen LogP contribution < -0.4 is 15.5 Å². The minimum atomic E-state index is -0.305. The van der Waals surface area contributed by atoms with Crippen molar-refractivity contribution in [1.82, 2.24) is 5.48 Å². The minimum absolute atomic E-state index is 0.0311. The molecule has 1 aromatic rings.